The highest BCUT2D eigenvalue weighted by Gasteiger charge is 2.12. The average Bonchev–Trinajstić information content (AvgIpc) is 2.54. The molecular formula is C10H16N2O3S. The summed E-state index contributed by atoms with van der Waals surface area (Å²) in [5, 5.41) is 12.4. The van der Waals surface area contributed by atoms with Crippen LogP contribution in [0.2, 0.25) is 0 Å². The zero-order valence-corrected chi connectivity index (χ0v) is 10.2. The SMILES string of the molecule is Cc1noc(C)c1CSCCC(N)C(=O)O. The minimum Gasteiger partial charge on any atom is -0.480 e. The molecule has 0 aliphatic heterocycles. The number of hydrogen-bond acceptors (Lipinski definition) is 5. The van der Waals surface area contributed by atoms with Gasteiger partial charge in [-0.15, -0.1) is 0 Å². The molecule has 0 aromatic carbocycles. The van der Waals surface area contributed by atoms with E-state index in [0.29, 0.717) is 6.42 Å². The first-order valence-corrected chi connectivity index (χ1v) is 6.15. The Kier molecular flexibility index (Phi) is 4.82. The number of thioether (sulfide) groups is 1. The van der Waals surface area contributed by atoms with Crippen molar-refractivity contribution in [1.82, 2.24) is 5.16 Å². The molecule has 16 heavy (non-hydrogen) atoms. The molecule has 5 nitrogen and oxygen atoms in total. The normalized spacial score (nSPS) is 12.7. The number of hydrogen-bond donors (Lipinski definition) is 2. The lowest BCUT2D eigenvalue weighted by molar-refractivity contribution is -0.138. The van der Waals surface area contributed by atoms with Gasteiger partial charge in [0, 0.05) is 11.3 Å². The first-order valence-electron chi connectivity index (χ1n) is 5.00. The van der Waals surface area contributed by atoms with Gasteiger partial charge in [-0.2, -0.15) is 11.8 Å². The van der Waals surface area contributed by atoms with Crippen molar-refractivity contribution < 1.29 is 14.4 Å². The fraction of sp³-hybridized carbons (Fsp3) is 0.600. The van der Waals surface area contributed by atoms with Gasteiger partial charge >= 0.3 is 5.97 Å². The second-order valence-electron chi connectivity index (χ2n) is 3.59. The molecule has 0 aliphatic carbocycles. The van der Waals surface area contributed by atoms with Gasteiger partial charge in [0.1, 0.15) is 11.8 Å². The van der Waals surface area contributed by atoms with Crippen LogP contribution < -0.4 is 5.73 Å². The van der Waals surface area contributed by atoms with E-state index in [1.165, 1.54) is 0 Å². The summed E-state index contributed by atoms with van der Waals surface area (Å²) in [6.45, 7) is 3.77. The molecule has 0 aliphatic rings. The monoisotopic (exact) mass is 244 g/mol. The van der Waals surface area contributed by atoms with Gasteiger partial charge in [0.2, 0.25) is 0 Å². The van der Waals surface area contributed by atoms with Crippen LogP contribution in [0, 0.1) is 13.8 Å². The van der Waals surface area contributed by atoms with Crippen LogP contribution in [-0.2, 0) is 10.5 Å². The quantitative estimate of drug-likeness (QED) is 0.734. The summed E-state index contributed by atoms with van der Waals surface area (Å²) >= 11 is 1.64. The van der Waals surface area contributed by atoms with Gasteiger partial charge in [0.25, 0.3) is 0 Å². The van der Waals surface area contributed by atoms with Crippen molar-refractivity contribution >= 4 is 17.7 Å². The number of aryl methyl sites for hydroxylation is 2. The van der Waals surface area contributed by atoms with E-state index in [-0.39, 0.29) is 0 Å². The molecule has 1 aromatic rings. The average molecular weight is 244 g/mol. The second-order valence-corrected chi connectivity index (χ2v) is 4.69. The van der Waals surface area contributed by atoms with E-state index in [1.807, 2.05) is 13.8 Å². The van der Waals surface area contributed by atoms with E-state index in [0.717, 1.165) is 28.5 Å². The Balaban J connectivity index is 2.29. The minimum atomic E-state index is -0.946. The number of aliphatic carboxylic acids is 1. The molecule has 3 N–H and O–H groups in total. The van der Waals surface area contributed by atoms with Gasteiger partial charge in [-0.1, -0.05) is 5.16 Å². The number of carboxylic acid groups (broad SMARTS) is 1. The first kappa shape index (κ1) is 13.1. The van der Waals surface area contributed by atoms with Crippen LogP contribution in [0.15, 0.2) is 4.52 Å². The van der Waals surface area contributed by atoms with Crippen LogP contribution in [0.1, 0.15) is 23.4 Å². The van der Waals surface area contributed by atoms with Gasteiger partial charge in [0.15, 0.2) is 0 Å². The zero-order chi connectivity index (χ0) is 12.1. The fourth-order valence-corrected chi connectivity index (χ4v) is 2.40. The third-order valence-corrected chi connectivity index (χ3v) is 3.34. The molecule has 1 unspecified atom stereocenters. The van der Waals surface area contributed by atoms with Crippen molar-refractivity contribution in [3.63, 3.8) is 0 Å². The number of nitrogens with zero attached hydrogens (tertiary/aromatic N) is 1. The predicted molar refractivity (Wildman–Crippen MR) is 62.4 cm³/mol. The number of carboxylic acids is 1. The van der Waals surface area contributed by atoms with Crippen LogP contribution in [0.5, 0.6) is 0 Å². The first-order chi connectivity index (χ1) is 7.52. The lowest BCUT2D eigenvalue weighted by Crippen LogP contribution is -2.30. The Morgan fingerprint density at radius 3 is 2.81 bits per heavy atom. The van der Waals surface area contributed by atoms with Crippen LogP contribution in [0.25, 0.3) is 0 Å². The third kappa shape index (κ3) is 3.53. The summed E-state index contributed by atoms with van der Waals surface area (Å²) < 4.78 is 5.03. The highest BCUT2D eigenvalue weighted by atomic mass is 32.2. The molecule has 90 valence electrons. The van der Waals surface area contributed by atoms with Gasteiger partial charge in [-0.25, -0.2) is 0 Å². The molecule has 6 heteroatoms. The molecule has 0 radical (unpaired) electrons. The molecule has 0 spiro atoms. The minimum absolute atomic E-state index is 0.476. The topological polar surface area (TPSA) is 89.4 Å². The Morgan fingerprint density at radius 2 is 2.31 bits per heavy atom. The van der Waals surface area contributed by atoms with E-state index in [2.05, 4.69) is 5.16 Å². The summed E-state index contributed by atoms with van der Waals surface area (Å²) in [7, 11) is 0. The lowest BCUT2D eigenvalue weighted by Gasteiger charge is -2.05. The Bertz CT molecular complexity index is 345. The van der Waals surface area contributed by atoms with E-state index >= 15 is 0 Å². The van der Waals surface area contributed by atoms with Crippen LogP contribution >= 0.6 is 11.8 Å². The van der Waals surface area contributed by atoms with Crippen molar-refractivity contribution in [1.29, 1.82) is 0 Å². The van der Waals surface area contributed by atoms with Gasteiger partial charge in [-0.05, 0) is 26.0 Å². The number of aromatic nitrogens is 1. The number of carbonyl (C=O) groups is 1. The van der Waals surface area contributed by atoms with E-state index in [9.17, 15) is 4.79 Å². The van der Waals surface area contributed by atoms with Crippen LogP contribution in [-0.4, -0.2) is 28.0 Å². The highest BCUT2D eigenvalue weighted by molar-refractivity contribution is 7.98. The molecule has 0 amide bonds. The summed E-state index contributed by atoms with van der Waals surface area (Å²) in [6, 6.07) is -0.767. The Labute approximate surface area is 98.4 Å². The summed E-state index contributed by atoms with van der Waals surface area (Å²) in [4.78, 5) is 10.5. The summed E-state index contributed by atoms with van der Waals surface area (Å²) in [5.41, 5.74) is 7.38. The standard InChI is InChI=1S/C10H16N2O3S/c1-6-8(7(2)15-12-6)5-16-4-3-9(11)10(13)14/h9H,3-5,11H2,1-2H3,(H,13,14). The van der Waals surface area contributed by atoms with Crippen molar-refractivity contribution in [2.45, 2.75) is 32.1 Å². The molecule has 1 atom stereocenters. The summed E-state index contributed by atoms with van der Waals surface area (Å²) in [5.74, 6) is 1.39. The maximum atomic E-state index is 10.5. The second kappa shape index (κ2) is 5.91. The zero-order valence-electron chi connectivity index (χ0n) is 9.40. The maximum absolute atomic E-state index is 10.5. The van der Waals surface area contributed by atoms with Crippen molar-refractivity contribution in [2.75, 3.05) is 5.75 Å². The smallest absolute Gasteiger partial charge is 0.320 e. The van der Waals surface area contributed by atoms with E-state index < -0.39 is 12.0 Å². The van der Waals surface area contributed by atoms with E-state index in [4.69, 9.17) is 15.4 Å². The van der Waals surface area contributed by atoms with Crippen LogP contribution in [0.3, 0.4) is 0 Å². The molecule has 1 aromatic heterocycles. The molecule has 0 saturated carbocycles. The van der Waals surface area contributed by atoms with Crippen molar-refractivity contribution in [3.05, 3.63) is 17.0 Å². The number of nitrogens with two attached hydrogens (primary N) is 1. The molecule has 0 fully saturated rings. The fourth-order valence-electron chi connectivity index (χ4n) is 1.22. The van der Waals surface area contributed by atoms with Crippen molar-refractivity contribution in [2.24, 2.45) is 5.73 Å². The lowest BCUT2D eigenvalue weighted by atomic mass is 10.2. The van der Waals surface area contributed by atoms with Crippen molar-refractivity contribution in [3.8, 4) is 0 Å². The van der Waals surface area contributed by atoms with Gasteiger partial charge in [-0.3, -0.25) is 4.79 Å². The highest BCUT2D eigenvalue weighted by Crippen LogP contribution is 2.20. The molecule has 0 bridgehead atoms. The van der Waals surface area contributed by atoms with Gasteiger partial charge in [0.05, 0.1) is 5.69 Å². The maximum Gasteiger partial charge on any atom is 0.320 e. The van der Waals surface area contributed by atoms with E-state index in [1.54, 1.807) is 11.8 Å². The van der Waals surface area contributed by atoms with Crippen LogP contribution in [0.4, 0.5) is 0 Å². The Morgan fingerprint density at radius 1 is 1.62 bits per heavy atom. The Hall–Kier alpha value is -1.01. The molecule has 0 saturated heterocycles. The largest absolute Gasteiger partial charge is 0.480 e. The summed E-state index contributed by atoms with van der Waals surface area (Å²) in [6.07, 6.45) is 0.476. The predicted octanol–water partition coefficient (Wildman–Crippen LogP) is 1.33. The third-order valence-electron chi connectivity index (χ3n) is 2.32. The molecule has 1 heterocycles. The molecule has 1 rings (SSSR count). The molecular weight excluding hydrogens is 228 g/mol. The number of rotatable bonds is 6. The van der Waals surface area contributed by atoms with Gasteiger partial charge < -0.3 is 15.4 Å².